The maximum Gasteiger partial charge on any atom is 0.350 e. The number of carbonyl (C=O) groups is 3. The second-order valence-electron chi connectivity index (χ2n) is 6.74. The van der Waals surface area contributed by atoms with Crippen LogP contribution in [0.1, 0.15) is 52.4 Å². The van der Waals surface area contributed by atoms with Crippen molar-refractivity contribution in [1.29, 1.82) is 0 Å². The number of amides is 1. The number of nitrogens with zero attached hydrogens (tertiary/aromatic N) is 1. The molecule has 0 atom stereocenters. The number of rotatable bonds is 9. The maximum atomic E-state index is 12.4. The fourth-order valence-corrected chi connectivity index (χ4v) is 3.44. The van der Waals surface area contributed by atoms with Crippen LogP contribution in [0.15, 0.2) is 18.2 Å². The Morgan fingerprint density at radius 2 is 1.97 bits per heavy atom. The number of methoxy groups -OCH3 is 1. The third-order valence-electron chi connectivity index (χ3n) is 3.82. The van der Waals surface area contributed by atoms with Gasteiger partial charge >= 0.3 is 5.97 Å². The first-order valence-corrected chi connectivity index (χ1v) is 10.2. The molecule has 1 aromatic carbocycles. The van der Waals surface area contributed by atoms with E-state index in [0.29, 0.717) is 33.5 Å². The van der Waals surface area contributed by atoms with Crippen LogP contribution in [0, 0.1) is 12.8 Å². The third kappa shape index (κ3) is 6.54. The van der Waals surface area contributed by atoms with Crippen LogP contribution < -0.4 is 10.1 Å². The summed E-state index contributed by atoms with van der Waals surface area (Å²) >= 11 is 6.98. The van der Waals surface area contributed by atoms with Gasteiger partial charge in [0.15, 0.2) is 10.9 Å². The summed E-state index contributed by atoms with van der Waals surface area (Å²) in [7, 11) is 1.46. The third-order valence-corrected chi connectivity index (χ3v) is 5.11. The summed E-state index contributed by atoms with van der Waals surface area (Å²) in [5.41, 5.74) is 0.812. The molecule has 0 aliphatic rings. The summed E-state index contributed by atoms with van der Waals surface area (Å²) in [6.07, 6.45) is -0.0591. The number of benzene rings is 1. The zero-order valence-corrected chi connectivity index (χ0v) is 18.3. The lowest BCUT2D eigenvalue weighted by Crippen LogP contribution is -2.13. The molecule has 29 heavy (non-hydrogen) atoms. The average molecular weight is 439 g/mol. The van der Waals surface area contributed by atoms with Gasteiger partial charge in [0, 0.05) is 17.9 Å². The Kier molecular flexibility index (Phi) is 8.16. The van der Waals surface area contributed by atoms with Crippen LogP contribution in [0.3, 0.4) is 0 Å². The number of esters is 1. The summed E-state index contributed by atoms with van der Waals surface area (Å²) in [6, 6.07) is 4.74. The quantitative estimate of drug-likeness (QED) is 0.456. The van der Waals surface area contributed by atoms with E-state index < -0.39 is 5.97 Å². The zero-order chi connectivity index (χ0) is 21.6. The highest BCUT2D eigenvalue weighted by Gasteiger charge is 2.19. The van der Waals surface area contributed by atoms with Crippen molar-refractivity contribution in [3.8, 4) is 5.75 Å². The van der Waals surface area contributed by atoms with E-state index in [1.54, 1.807) is 19.1 Å². The number of aryl methyl sites for hydroxylation is 1. The van der Waals surface area contributed by atoms with Crippen molar-refractivity contribution in [2.75, 3.05) is 19.0 Å². The fraction of sp³-hybridized carbons (Fsp3) is 0.400. The normalized spacial score (nSPS) is 10.7. The lowest BCUT2D eigenvalue weighted by Gasteiger charge is -2.08. The highest BCUT2D eigenvalue weighted by Crippen LogP contribution is 2.26. The van der Waals surface area contributed by atoms with Gasteiger partial charge in [0.1, 0.15) is 10.6 Å². The Bertz CT molecular complexity index is 910. The minimum absolute atomic E-state index is 0.0177. The average Bonchev–Trinajstić information content (AvgIpc) is 3.04. The number of aromatic nitrogens is 1. The molecule has 2 rings (SSSR count). The molecule has 0 aliphatic carbocycles. The van der Waals surface area contributed by atoms with Gasteiger partial charge in [0.2, 0.25) is 5.91 Å². The van der Waals surface area contributed by atoms with Crippen molar-refractivity contribution in [2.45, 2.75) is 33.6 Å². The number of hydrogen-bond donors (Lipinski definition) is 1. The van der Waals surface area contributed by atoms with E-state index >= 15 is 0 Å². The first-order chi connectivity index (χ1) is 13.7. The molecular formula is C20H23ClN2O5S. The van der Waals surface area contributed by atoms with Crippen LogP contribution in [0.2, 0.25) is 5.02 Å². The highest BCUT2D eigenvalue weighted by atomic mass is 35.5. The molecule has 1 amide bonds. The van der Waals surface area contributed by atoms with Crippen LogP contribution in [0.25, 0.3) is 0 Å². The van der Waals surface area contributed by atoms with Gasteiger partial charge < -0.3 is 14.8 Å². The van der Waals surface area contributed by atoms with Gasteiger partial charge in [-0.05, 0) is 31.0 Å². The molecule has 0 fully saturated rings. The largest absolute Gasteiger partial charge is 0.496 e. The van der Waals surface area contributed by atoms with Crippen LogP contribution in [-0.2, 0) is 9.53 Å². The first-order valence-electron chi connectivity index (χ1n) is 9.02. The molecule has 1 heterocycles. The summed E-state index contributed by atoms with van der Waals surface area (Å²) in [5.74, 6) is -0.470. The van der Waals surface area contributed by atoms with Crippen LogP contribution in [0.4, 0.5) is 5.13 Å². The molecule has 1 aromatic heterocycles. The van der Waals surface area contributed by atoms with Gasteiger partial charge in [-0.2, -0.15) is 0 Å². The van der Waals surface area contributed by atoms with Crippen LogP contribution >= 0.6 is 22.9 Å². The Morgan fingerprint density at radius 3 is 2.62 bits per heavy atom. The molecule has 0 aliphatic heterocycles. The maximum absolute atomic E-state index is 12.4. The van der Waals surface area contributed by atoms with Gasteiger partial charge in [-0.25, -0.2) is 9.78 Å². The van der Waals surface area contributed by atoms with E-state index in [1.807, 2.05) is 13.8 Å². The van der Waals surface area contributed by atoms with E-state index in [0.717, 1.165) is 11.3 Å². The van der Waals surface area contributed by atoms with Crippen LogP contribution in [0.5, 0.6) is 5.75 Å². The molecule has 9 heteroatoms. The molecule has 0 radical (unpaired) electrons. The highest BCUT2D eigenvalue weighted by molar-refractivity contribution is 7.17. The number of anilines is 1. The smallest absolute Gasteiger partial charge is 0.350 e. The van der Waals surface area contributed by atoms with Gasteiger partial charge in [-0.15, -0.1) is 0 Å². The number of hydrogen-bond acceptors (Lipinski definition) is 7. The van der Waals surface area contributed by atoms with Gasteiger partial charge in [-0.1, -0.05) is 36.8 Å². The zero-order valence-electron chi connectivity index (χ0n) is 16.7. The summed E-state index contributed by atoms with van der Waals surface area (Å²) in [5, 5.41) is 3.32. The van der Waals surface area contributed by atoms with Crippen molar-refractivity contribution >= 4 is 45.7 Å². The predicted molar refractivity (Wildman–Crippen MR) is 112 cm³/mol. The van der Waals surface area contributed by atoms with Crippen molar-refractivity contribution in [1.82, 2.24) is 4.98 Å². The second kappa shape index (κ2) is 10.4. The van der Waals surface area contributed by atoms with E-state index in [4.69, 9.17) is 21.1 Å². The number of thiazole rings is 1. The molecule has 0 saturated heterocycles. The predicted octanol–water partition coefficient (Wildman–Crippen LogP) is 4.53. The topological polar surface area (TPSA) is 94.6 Å². The van der Waals surface area contributed by atoms with E-state index in [-0.39, 0.29) is 35.6 Å². The first kappa shape index (κ1) is 22.8. The van der Waals surface area contributed by atoms with Gasteiger partial charge in [-0.3, -0.25) is 9.59 Å². The Morgan fingerprint density at radius 1 is 1.24 bits per heavy atom. The Hall–Kier alpha value is -2.45. The number of ether oxygens (including phenoxy) is 2. The van der Waals surface area contributed by atoms with Crippen molar-refractivity contribution in [2.24, 2.45) is 5.92 Å². The molecule has 156 valence electrons. The second-order valence-corrected chi connectivity index (χ2v) is 8.18. The number of ketones is 1. The van der Waals surface area contributed by atoms with E-state index in [9.17, 15) is 14.4 Å². The van der Waals surface area contributed by atoms with Crippen molar-refractivity contribution < 1.29 is 23.9 Å². The number of halogens is 1. The molecule has 0 unspecified atom stereocenters. The number of Topliss-reactive ketones (excluding diaryl/α,β-unsaturated/α-hetero) is 1. The fourth-order valence-electron chi connectivity index (χ4n) is 2.39. The monoisotopic (exact) mass is 438 g/mol. The molecular weight excluding hydrogens is 416 g/mol. The standard InChI is InChI=1S/C20H23ClN2O5S/c1-11(2)10-28-19(26)18-12(3)22-20(29-18)23-17(25)8-6-15(24)14-9-13(21)5-7-16(14)27-4/h5,7,9,11H,6,8,10H2,1-4H3,(H,22,23,25). The summed E-state index contributed by atoms with van der Waals surface area (Å²) < 4.78 is 10.4. The number of carbonyl (C=O) groups excluding carboxylic acids is 3. The SMILES string of the molecule is COc1ccc(Cl)cc1C(=O)CCC(=O)Nc1nc(C)c(C(=O)OCC(C)C)s1. The Balaban J connectivity index is 1.95. The lowest BCUT2D eigenvalue weighted by molar-refractivity contribution is -0.116. The minimum atomic E-state index is -0.461. The summed E-state index contributed by atoms with van der Waals surface area (Å²) in [6.45, 7) is 5.87. The molecule has 0 saturated carbocycles. The molecule has 2 aromatic rings. The molecule has 1 N–H and O–H groups in total. The van der Waals surface area contributed by atoms with E-state index in [1.165, 1.54) is 13.2 Å². The molecule has 0 spiro atoms. The van der Waals surface area contributed by atoms with E-state index in [2.05, 4.69) is 10.3 Å². The lowest BCUT2D eigenvalue weighted by atomic mass is 10.1. The summed E-state index contributed by atoms with van der Waals surface area (Å²) in [4.78, 5) is 41.3. The van der Waals surface area contributed by atoms with Gasteiger partial charge in [0.25, 0.3) is 0 Å². The number of nitrogens with one attached hydrogen (secondary N) is 1. The minimum Gasteiger partial charge on any atom is -0.496 e. The van der Waals surface area contributed by atoms with Crippen molar-refractivity contribution in [3.63, 3.8) is 0 Å². The van der Waals surface area contributed by atoms with Gasteiger partial charge in [0.05, 0.1) is 25.0 Å². The van der Waals surface area contributed by atoms with Crippen molar-refractivity contribution in [3.05, 3.63) is 39.4 Å². The molecule has 7 nitrogen and oxygen atoms in total. The van der Waals surface area contributed by atoms with Crippen LogP contribution in [-0.4, -0.2) is 36.4 Å². The Labute approximate surface area is 178 Å². The molecule has 0 bridgehead atoms.